The molecular formula is C15H18N2O2S. The molecule has 0 radical (unpaired) electrons. The summed E-state index contributed by atoms with van der Waals surface area (Å²) < 4.78 is 5.49. The normalized spacial score (nSPS) is 21.4. The van der Waals surface area contributed by atoms with E-state index in [9.17, 15) is 4.79 Å². The molecule has 0 aliphatic carbocycles. The summed E-state index contributed by atoms with van der Waals surface area (Å²) in [5.74, 6) is 0.779. The second kappa shape index (κ2) is 7.32. The number of amides is 1. The summed E-state index contributed by atoms with van der Waals surface area (Å²) in [7, 11) is 0. The smallest absolute Gasteiger partial charge is 0.225 e. The predicted molar refractivity (Wildman–Crippen MR) is 80.7 cm³/mol. The maximum atomic E-state index is 11.8. The second-order valence-corrected chi connectivity index (χ2v) is 6.11. The third-order valence-electron chi connectivity index (χ3n) is 3.24. The molecule has 1 heterocycles. The average molecular weight is 290 g/mol. The first-order valence-corrected chi connectivity index (χ1v) is 7.77. The van der Waals surface area contributed by atoms with Crippen LogP contribution in [0.25, 0.3) is 0 Å². The summed E-state index contributed by atoms with van der Waals surface area (Å²) in [4.78, 5) is 11.8. The van der Waals surface area contributed by atoms with Crippen molar-refractivity contribution in [1.29, 1.82) is 5.26 Å². The molecule has 0 bridgehead atoms. The lowest BCUT2D eigenvalue weighted by Crippen LogP contribution is -2.16. The number of anilines is 1. The molecule has 20 heavy (non-hydrogen) atoms. The fourth-order valence-electron chi connectivity index (χ4n) is 2.12. The van der Waals surface area contributed by atoms with E-state index in [4.69, 9.17) is 10.00 Å². The van der Waals surface area contributed by atoms with Crippen LogP contribution in [-0.2, 0) is 9.53 Å². The van der Waals surface area contributed by atoms with Gasteiger partial charge >= 0.3 is 0 Å². The largest absolute Gasteiger partial charge is 0.377 e. The van der Waals surface area contributed by atoms with Crippen molar-refractivity contribution in [2.45, 2.75) is 31.1 Å². The molecule has 1 aromatic rings. The third kappa shape index (κ3) is 4.26. The van der Waals surface area contributed by atoms with Gasteiger partial charge in [0.1, 0.15) is 0 Å². The molecular weight excluding hydrogens is 272 g/mol. The molecule has 4 nitrogen and oxygen atoms in total. The molecule has 0 spiro atoms. The van der Waals surface area contributed by atoms with E-state index in [1.165, 1.54) is 0 Å². The van der Waals surface area contributed by atoms with Gasteiger partial charge in [0.05, 0.1) is 17.7 Å². The van der Waals surface area contributed by atoms with Crippen LogP contribution in [-0.4, -0.2) is 29.6 Å². The lowest BCUT2D eigenvalue weighted by Gasteiger charge is -2.13. The first-order chi connectivity index (χ1) is 9.69. The Morgan fingerprint density at radius 1 is 1.60 bits per heavy atom. The van der Waals surface area contributed by atoms with Crippen LogP contribution < -0.4 is 5.32 Å². The highest BCUT2D eigenvalue weighted by Gasteiger charge is 2.24. The van der Waals surface area contributed by atoms with Gasteiger partial charge < -0.3 is 10.1 Å². The molecule has 0 aromatic heterocycles. The van der Waals surface area contributed by atoms with Gasteiger partial charge in [-0.15, -0.1) is 0 Å². The number of thioether (sulfide) groups is 1. The highest BCUT2D eigenvalue weighted by Crippen LogP contribution is 2.26. The second-order valence-electron chi connectivity index (χ2n) is 4.76. The zero-order valence-corrected chi connectivity index (χ0v) is 12.3. The van der Waals surface area contributed by atoms with Gasteiger partial charge in [-0.2, -0.15) is 17.0 Å². The molecule has 1 aliphatic rings. The van der Waals surface area contributed by atoms with E-state index in [0.29, 0.717) is 22.9 Å². The Morgan fingerprint density at radius 3 is 3.15 bits per heavy atom. The maximum absolute atomic E-state index is 11.8. The summed E-state index contributed by atoms with van der Waals surface area (Å²) in [5, 5.41) is 12.1. The Hall–Kier alpha value is -1.51. The average Bonchev–Trinajstić information content (AvgIpc) is 2.85. The zero-order chi connectivity index (χ0) is 14.4. The third-order valence-corrected chi connectivity index (χ3v) is 4.73. The van der Waals surface area contributed by atoms with Crippen molar-refractivity contribution in [2.24, 2.45) is 0 Å². The van der Waals surface area contributed by atoms with E-state index in [-0.39, 0.29) is 12.0 Å². The van der Waals surface area contributed by atoms with Crippen molar-refractivity contribution in [2.75, 3.05) is 17.7 Å². The molecule has 1 N–H and O–H groups in total. The van der Waals surface area contributed by atoms with Gasteiger partial charge in [-0.25, -0.2) is 0 Å². The fourth-order valence-corrected chi connectivity index (χ4v) is 3.34. The van der Waals surface area contributed by atoms with Crippen molar-refractivity contribution in [1.82, 2.24) is 0 Å². The number of nitrogens with one attached hydrogen (secondary N) is 1. The summed E-state index contributed by atoms with van der Waals surface area (Å²) >= 11 is 1.80. The highest BCUT2D eigenvalue weighted by molar-refractivity contribution is 7.99. The van der Waals surface area contributed by atoms with Crippen molar-refractivity contribution in [3.63, 3.8) is 0 Å². The minimum atomic E-state index is -0.0147. The number of carbonyl (C=O) groups excluding carboxylic acids is 1. The lowest BCUT2D eigenvalue weighted by atomic mass is 10.2. The maximum Gasteiger partial charge on any atom is 0.225 e. The Balaban J connectivity index is 1.73. The molecule has 1 amide bonds. The molecule has 1 fully saturated rings. The number of nitrogens with zero attached hydrogens (tertiary/aromatic N) is 1. The summed E-state index contributed by atoms with van der Waals surface area (Å²) in [6.07, 6.45) is 1.83. The van der Waals surface area contributed by atoms with Crippen LogP contribution in [0.4, 0.5) is 5.69 Å². The van der Waals surface area contributed by atoms with Gasteiger partial charge in [-0.05, 0) is 31.5 Å². The quantitative estimate of drug-likeness (QED) is 0.905. The molecule has 1 aliphatic heterocycles. The topological polar surface area (TPSA) is 62.1 Å². The fraction of sp³-hybridized carbons (Fsp3) is 0.467. The minimum Gasteiger partial charge on any atom is -0.377 e. The zero-order valence-electron chi connectivity index (χ0n) is 11.5. The van der Waals surface area contributed by atoms with Gasteiger partial charge in [0.2, 0.25) is 5.91 Å². The van der Waals surface area contributed by atoms with Crippen molar-refractivity contribution in [3.8, 4) is 6.07 Å². The van der Waals surface area contributed by atoms with Crippen LogP contribution >= 0.6 is 11.8 Å². The molecule has 2 atom stereocenters. The first kappa shape index (κ1) is 14.9. The first-order valence-electron chi connectivity index (χ1n) is 6.72. The Morgan fingerprint density at radius 2 is 2.45 bits per heavy atom. The number of rotatable bonds is 5. The number of hydrogen-bond acceptors (Lipinski definition) is 4. The molecule has 0 saturated carbocycles. The Kier molecular flexibility index (Phi) is 5.45. The predicted octanol–water partition coefficient (Wildman–Crippen LogP) is 2.80. The van der Waals surface area contributed by atoms with Gasteiger partial charge in [0.15, 0.2) is 0 Å². The van der Waals surface area contributed by atoms with Gasteiger partial charge in [-0.1, -0.05) is 6.07 Å². The van der Waals surface area contributed by atoms with Gasteiger partial charge in [0.25, 0.3) is 0 Å². The monoisotopic (exact) mass is 290 g/mol. The lowest BCUT2D eigenvalue weighted by molar-refractivity contribution is -0.115. The molecule has 2 rings (SSSR count). The van der Waals surface area contributed by atoms with Crippen molar-refractivity contribution < 1.29 is 9.53 Å². The van der Waals surface area contributed by atoms with E-state index in [0.717, 1.165) is 18.8 Å². The van der Waals surface area contributed by atoms with Crippen LogP contribution in [0.15, 0.2) is 24.3 Å². The van der Waals surface area contributed by atoms with E-state index in [1.54, 1.807) is 36.0 Å². The molecule has 5 heteroatoms. The standard InChI is InChI=1S/C15H18N2O2S/c1-11-14(5-7-19-11)20-8-6-15(18)17-13-4-2-3-12(9-13)10-16/h2-4,9,11,14H,5-8H2,1H3,(H,17,18). The Labute approximate surface area is 123 Å². The number of benzene rings is 1. The van der Waals surface area contributed by atoms with Crippen molar-refractivity contribution >= 4 is 23.4 Å². The number of carbonyl (C=O) groups is 1. The van der Waals surface area contributed by atoms with Crippen LogP contribution in [0.3, 0.4) is 0 Å². The molecule has 1 aromatic carbocycles. The van der Waals surface area contributed by atoms with Crippen molar-refractivity contribution in [3.05, 3.63) is 29.8 Å². The summed E-state index contributed by atoms with van der Waals surface area (Å²) in [6.45, 7) is 2.91. The SMILES string of the molecule is CC1OCCC1SCCC(=O)Nc1cccc(C#N)c1. The number of hydrogen-bond donors (Lipinski definition) is 1. The molecule has 1 saturated heterocycles. The van der Waals surface area contributed by atoms with Crippen LogP contribution in [0, 0.1) is 11.3 Å². The van der Waals surface area contributed by atoms with E-state index >= 15 is 0 Å². The molecule has 2 unspecified atom stereocenters. The van der Waals surface area contributed by atoms with E-state index in [2.05, 4.69) is 18.3 Å². The summed E-state index contributed by atoms with van der Waals surface area (Å²) in [6, 6.07) is 9.00. The van der Waals surface area contributed by atoms with E-state index in [1.807, 2.05) is 0 Å². The minimum absolute atomic E-state index is 0.0147. The number of nitriles is 1. The van der Waals surface area contributed by atoms with Gasteiger partial charge in [-0.3, -0.25) is 4.79 Å². The van der Waals surface area contributed by atoms with Gasteiger partial charge in [0, 0.05) is 29.7 Å². The van der Waals surface area contributed by atoms with Crippen LogP contribution in [0.1, 0.15) is 25.3 Å². The van der Waals surface area contributed by atoms with E-state index < -0.39 is 0 Å². The van der Waals surface area contributed by atoms with Crippen LogP contribution in [0.5, 0.6) is 0 Å². The molecule has 106 valence electrons. The number of ether oxygens (including phenoxy) is 1. The van der Waals surface area contributed by atoms with Crippen LogP contribution in [0.2, 0.25) is 0 Å². The highest BCUT2D eigenvalue weighted by atomic mass is 32.2. The summed E-state index contributed by atoms with van der Waals surface area (Å²) in [5.41, 5.74) is 1.23. The Bertz CT molecular complexity index is 513.